The monoisotopic (exact) mass is 404 g/mol. The van der Waals surface area contributed by atoms with Gasteiger partial charge in [-0.05, 0) is 68.5 Å². The van der Waals surface area contributed by atoms with E-state index < -0.39 is 0 Å². The molecule has 5 rings (SSSR count). The van der Waals surface area contributed by atoms with Gasteiger partial charge in [0.15, 0.2) is 0 Å². The number of ether oxygens (including phenoxy) is 1. The summed E-state index contributed by atoms with van der Waals surface area (Å²) in [6.45, 7) is 7.54. The molecule has 4 heterocycles. The van der Waals surface area contributed by atoms with Gasteiger partial charge in [0.25, 0.3) is 0 Å². The van der Waals surface area contributed by atoms with Gasteiger partial charge >= 0.3 is 0 Å². The number of anilines is 1. The van der Waals surface area contributed by atoms with E-state index in [9.17, 15) is 0 Å². The number of aryl methyl sites for hydroxylation is 2. The quantitative estimate of drug-likeness (QED) is 0.572. The van der Waals surface area contributed by atoms with E-state index >= 15 is 0 Å². The summed E-state index contributed by atoms with van der Waals surface area (Å²) in [6, 6.07) is 13.0. The van der Waals surface area contributed by atoms with Crippen LogP contribution < -0.4 is 9.64 Å². The number of piperazine rings is 1. The van der Waals surface area contributed by atoms with Crippen molar-refractivity contribution in [3.05, 3.63) is 54.4 Å². The zero-order chi connectivity index (χ0) is 20.2. The lowest BCUT2D eigenvalue weighted by molar-refractivity contribution is 0.250. The molecule has 3 aromatic rings. The third kappa shape index (κ3) is 4.17. The van der Waals surface area contributed by atoms with Crippen molar-refractivity contribution in [3.63, 3.8) is 0 Å². The number of para-hydroxylation sites is 1. The zero-order valence-corrected chi connectivity index (χ0v) is 17.8. The first-order chi connectivity index (χ1) is 14.9. The summed E-state index contributed by atoms with van der Waals surface area (Å²) >= 11 is 0. The molecule has 2 aromatic heterocycles. The van der Waals surface area contributed by atoms with Crippen molar-refractivity contribution in [3.8, 4) is 5.75 Å². The highest BCUT2D eigenvalue weighted by Gasteiger charge is 2.22. The molecule has 2 aliphatic heterocycles. The molecule has 0 saturated carbocycles. The van der Waals surface area contributed by atoms with Gasteiger partial charge < -0.3 is 14.2 Å². The summed E-state index contributed by atoms with van der Waals surface area (Å²) in [7, 11) is 0. The molecule has 0 aliphatic carbocycles. The number of aromatic nitrogens is 2. The van der Waals surface area contributed by atoms with E-state index in [4.69, 9.17) is 4.74 Å². The standard InChI is InChI=1S/C25H32N4O/c1-4-20-30-24-21(7-1)8-5-10-23(24)28-18-16-27(17-19-28)13-2-3-14-29-15-11-22-9-6-12-26-25(22)29/h5-6,8-12,15H,1-4,7,13-14,16-20H2. The number of nitrogens with zero attached hydrogens (tertiary/aromatic N) is 4. The van der Waals surface area contributed by atoms with E-state index in [1.807, 2.05) is 12.3 Å². The number of hydrogen-bond acceptors (Lipinski definition) is 4. The molecular weight excluding hydrogens is 372 g/mol. The van der Waals surface area contributed by atoms with E-state index in [1.54, 1.807) is 0 Å². The highest BCUT2D eigenvalue weighted by atomic mass is 16.5. The average Bonchev–Trinajstić information content (AvgIpc) is 3.04. The van der Waals surface area contributed by atoms with Gasteiger partial charge in [0.05, 0.1) is 12.3 Å². The van der Waals surface area contributed by atoms with E-state index in [2.05, 4.69) is 55.9 Å². The van der Waals surface area contributed by atoms with Crippen molar-refractivity contribution in [2.75, 3.05) is 44.2 Å². The van der Waals surface area contributed by atoms with Crippen LogP contribution >= 0.6 is 0 Å². The molecule has 5 heteroatoms. The molecule has 0 amide bonds. The molecular formula is C25H32N4O. The van der Waals surface area contributed by atoms with Crippen LogP contribution in [0.2, 0.25) is 0 Å². The topological polar surface area (TPSA) is 33.5 Å². The highest BCUT2D eigenvalue weighted by molar-refractivity contribution is 5.75. The fourth-order valence-electron chi connectivity index (χ4n) is 4.81. The van der Waals surface area contributed by atoms with Crippen LogP contribution in [0.15, 0.2) is 48.8 Å². The van der Waals surface area contributed by atoms with Crippen LogP contribution in [0, 0.1) is 0 Å². The van der Waals surface area contributed by atoms with E-state index in [-0.39, 0.29) is 0 Å². The van der Waals surface area contributed by atoms with Gasteiger partial charge in [-0.1, -0.05) is 12.1 Å². The molecule has 1 aromatic carbocycles. The third-order valence-corrected chi connectivity index (χ3v) is 6.52. The molecule has 0 bridgehead atoms. The molecule has 0 atom stereocenters. The Labute approximate surface area is 179 Å². The van der Waals surface area contributed by atoms with E-state index in [0.717, 1.165) is 63.6 Å². The molecule has 1 saturated heterocycles. The van der Waals surface area contributed by atoms with Crippen LogP contribution in [0.4, 0.5) is 5.69 Å². The summed E-state index contributed by atoms with van der Waals surface area (Å²) in [6.07, 6.45) is 10.0. The van der Waals surface area contributed by atoms with Gasteiger partial charge in [-0.25, -0.2) is 4.98 Å². The lowest BCUT2D eigenvalue weighted by Crippen LogP contribution is -2.46. The Bertz CT molecular complexity index is 974. The molecule has 2 aliphatic rings. The van der Waals surface area contributed by atoms with Crippen LogP contribution in [-0.2, 0) is 13.0 Å². The van der Waals surface area contributed by atoms with Crippen LogP contribution in [0.3, 0.4) is 0 Å². The van der Waals surface area contributed by atoms with Gasteiger partial charge in [-0.3, -0.25) is 4.90 Å². The van der Waals surface area contributed by atoms with Gasteiger partial charge in [0.2, 0.25) is 0 Å². The van der Waals surface area contributed by atoms with Crippen LogP contribution in [-0.4, -0.2) is 53.8 Å². The molecule has 0 N–H and O–H groups in total. The number of unbranched alkanes of at least 4 members (excludes halogenated alkanes) is 1. The average molecular weight is 405 g/mol. The Morgan fingerprint density at radius 2 is 1.80 bits per heavy atom. The zero-order valence-electron chi connectivity index (χ0n) is 17.8. The highest BCUT2D eigenvalue weighted by Crippen LogP contribution is 2.35. The van der Waals surface area contributed by atoms with Crippen LogP contribution in [0.5, 0.6) is 5.75 Å². The Kier molecular flexibility index (Phi) is 5.89. The predicted octanol–water partition coefficient (Wildman–Crippen LogP) is 4.35. The molecule has 30 heavy (non-hydrogen) atoms. The molecule has 1 fully saturated rings. The van der Waals surface area contributed by atoms with E-state index in [1.165, 1.54) is 42.4 Å². The number of rotatable bonds is 6. The van der Waals surface area contributed by atoms with Crippen molar-refractivity contribution in [2.45, 2.75) is 38.6 Å². The summed E-state index contributed by atoms with van der Waals surface area (Å²) in [5, 5.41) is 1.23. The van der Waals surface area contributed by atoms with Crippen molar-refractivity contribution in [1.29, 1.82) is 0 Å². The molecule has 158 valence electrons. The van der Waals surface area contributed by atoms with E-state index in [0.29, 0.717) is 0 Å². The second-order valence-corrected chi connectivity index (χ2v) is 8.53. The Morgan fingerprint density at radius 3 is 2.73 bits per heavy atom. The number of benzene rings is 1. The predicted molar refractivity (Wildman–Crippen MR) is 122 cm³/mol. The van der Waals surface area contributed by atoms with Gasteiger partial charge in [0, 0.05) is 50.5 Å². The minimum absolute atomic E-state index is 0.857. The number of hydrogen-bond donors (Lipinski definition) is 0. The first-order valence-electron chi connectivity index (χ1n) is 11.5. The van der Waals surface area contributed by atoms with Gasteiger partial charge in [0.1, 0.15) is 11.4 Å². The maximum absolute atomic E-state index is 6.14. The second kappa shape index (κ2) is 9.09. The lowest BCUT2D eigenvalue weighted by Gasteiger charge is -2.37. The van der Waals surface area contributed by atoms with Crippen molar-refractivity contribution < 1.29 is 4.74 Å². The maximum Gasteiger partial charge on any atom is 0.145 e. The lowest BCUT2D eigenvalue weighted by atomic mass is 10.1. The first kappa shape index (κ1) is 19.4. The minimum Gasteiger partial charge on any atom is -0.491 e. The van der Waals surface area contributed by atoms with Crippen LogP contribution in [0.1, 0.15) is 31.2 Å². The molecule has 0 spiro atoms. The van der Waals surface area contributed by atoms with Crippen molar-refractivity contribution >= 4 is 16.7 Å². The fraction of sp³-hybridized carbons (Fsp3) is 0.480. The van der Waals surface area contributed by atoms with Gasteiger partial charge in [-0.15, -0.1) is 0 Å². The normalized spacial score (nSPS) is 17.5. The van der Waals surface area contributed by atoms with Gasteiger partial charge in [-0.2, -0.15) is 0 Å². The number of fused-ring (bicyclic) bond motifs is 2. The molecule has 5 nitrogen and oxygen atoms in total. The largest absolute Gasteiger partial charge is 0.491 e. The smallest absolute Gasteiger partial charge is 0.145 e. The first-order valence-corrected chi connectivity index (χ1v) is 11.5. The summed E-state index contributed by atoms with van der Waals surface area (Å²) in [4.78, 5) is 9.66. The molecule has 0 unspecified atom stereocenters. The Hall–Kier alpha value is -2.53. The summed E-state index contributed by atoms with van der Waals surface area (Å²) in [5.74, 6) is 1.15. The molecule has 0 radical (unpaired) electrons. The van der Waals surface area contributed by atoms with Crippen molar-refractivity contribution in [1.82, 2.24) is 14.5 Å². The Morgan fingerprint density at radius 1 is 0.900 bits per heavy atom. The number of pyridine rings is 1. The third-order valence-electron chi connectivity index (χ3n) is 6.52. The summed E-state index contributed by atoms with van der Waals surface area (Å²) < 4.78 is 8.43. The fourth-order valence-corrected chi connectivity index (χ4v) is 4.81. The van der Waals surface area contributed by atoms with Crippen molar-refractivity contribution in [2.24, 2.45) is 0 Å². The summed E-state index contributed by atoms with van der Waals surface area (Å²) in [5.41, 5.74) is 3.80. The second-order valence-electron chi connectivity index (χ2n) is 8.53. The van der Waals surface area contributed by atoms with Crippen LogP contribution in [0.25, 0.3) is 11.0 Å². The minimum atomic E-state index is 0.857. The SMILES string of the molecule is c1cc2c(c(N3CCN(CCCCn4ccc5cccnc54)CC3)c1)OCCCC2. The Balaban J connectivity index is 1.10. The maximum atomic E-state index is 6.14.